The monoisotopic (exact) mass is 285 g/mol. The van der Waals surface area contributed by atoms with Gasteiger partial charge in [-0.3, -0.25) is 9.69 Å². The van der Waals surface area contributed by atoms with Crippen molar-refractivity contribution in [2.24, 2.45) is 0 Å². The van der Waals surface area contributed by atoms with Gasteiger partial charge in [-0.2, -0.15) is 0 Å². The Morgan fingerprint density at radius 1 is 1.29 bits per heavy atom. The molecule has 5 nitrogen and oxygen atoms in total. The number of furan rings is 1. The number of carbonyl (C=O) groups is 1. The van der Waals surface area contributed by atoms with Crippen LogP contribution in [0.4, 0.5) is 5.82 Å². The van der Waals surface area contributed by atoms with Gasteiger partial charge in [-0.05, 0) is 56.6 Å². The zero-order valence-corrected chi connectivity index (χ0v) is 12.1. The molecule has 1 saturated heterocycles. The second kappa shape index (κ2) is 6.10. The number of aryl methyl sites for hydroxylation is 1. The Balaban J connectivity index is 1.62. The maximum absolute atomic E-state index is 12.1. The van der Waals surface area contributed by atoms with Gasteiger partial charge >= 0.3 is 0 Å². The van der Waals surface area contributed by atoms with E-state index in [0.717, 1.165) is 31.0 Å². The SMILES string of the molecule is Cc1ccc(NC(=O)c2ccc(CN3CCCC3)o2)nc1. The van der Waals surface area contributed by atoms with Crippen LogP contribution in [-0.2, 0) is 6.54 Å². The average Bonchev–Trinajstić information content (AvgIpc) is 3.13. The van der Waals surface area contributed by atoms with Gasteiger partial charge < -0.3 is 9.73 Å². The summed E-state index contributed by atoms with van der Waals surface area (Å²) >= 11 is 0. The minimum atomic E-state index is -0.265. The van der Waals surface area contributed by atoms with Crippen molar-refractivity contribution in [3.05, 3.63) is 47.5 Å². The summed E-state index contributed by atoms with van der Waals surface area (Å²) in [5.74, 6) is 1.42. The smallest absolute Gasteiger partial charge is 0.292 e. The summed E-state index contributed by atoms with van der Waals surface area (Å²) in [6.07, 6.45) is 4.21. The van der Waals surface area contributed by atoms with E-state index < -0.39 is 0 Å². The minimum absolute atomic E-state index is 0.265. The minimum Gasteiger partial charge on any atom is -0.455 e. The molecule has 0 bridgehead atoms. The molecule has 0 radical (unpaired) electrons. The number of amides is 1. The number of hydrogen-bond acceptors (Lipinski definition) is 4. The summed E-state index contributed by atoms with van der Waals surface area (Å²) in [5.41, 5.74) is 1.05. The first-order valence-electron chi connectivity index (χ1n) is 7.26. The molecular formula is C16H19N3O2. The number of aromatic nitrogens is 1. The van der Waals surface area contributed by atoms with Crippen LogP contribution < -0.4 is 5.32 Å². The Hall–Kier alpha value is -2.14. The van der Waals surface area contributed by atoms with E-state index in [4.69, 9.17) is 4.42 Å². The molecule has 0 aliphatic carbocycles. The lowest BCUT2D eigenvalue weighted by Crippen LogP contribution is -2.18. The Labute approximate surface area is 124 Å². The van der Waals surface area contributed by atoms with Crippen molar-refractivity contribution in [3.8, 4) is 0 Å². The molecule has 1 N–H and O–H groups in total. The number of pyridine rings is 1. The number of anilines is 1. The summed E-state index contributed by atoms with van der Waals surface area (Å²) in [5, 5.41) is 2.73. The zero-order valence-electron chi connectivity index (χ0n) is 12.1. The molecule has 21 heavy (non-hydrogen) atoms. The molecule has 1 fully saturated rings. The molecule has 2 aromatic heterocycles. The summed E-state index contributed by atoms with van der Waals surface area (Å²) in [6.45, 7) is 4.94. The molecule has 1 aliphatic heterocycles. The molecule has 0 atom stereocenters. The molecule has 0 saturated carbocycles. The van der Waals surface area contributed by atoms with Gasteiger partial charge in [-0.15, -0.1) is 0 Å². The van der Waals surface area contributed by atoms with E-state index >= 15 is 0 Å². The summed E-state index contributed by atoms with van der Waals surface area (Å²) in [7, 11) is 0. The largest absolute Gasteiger partial charge is 0.455 e. The Kier molecular flexibility index (Phi) is 4.01. The highest BCUT2D eigenvalue weighted by Gasteiger charge is 2.16. The van der Waals surface area contributed by atoms with E-state index in [0.29, 0.717) is 11.6 Å². The Morgan fingerprint density at radius 3 is 2.81 bits per heavy atom. The molecule has 5 heteroatoms. The van der Waals surface area contributed by atoms with E-state index in [1.807, 2.05) is 19.1 Å². The van der Waals surface area contributed by atoms with Crippen molar-refractivity contribution in [1.82, 2.24) is 9.88 Å². The van der Waals surface area contributed by atoms with Gasteiger partial charge in [0, 0.05) is 6.20 Å². The topological polar surface area (TPSA) is 58.4 Å². The van der Waals surface area contributed by atoms with Crippen LogP contribution in [0.15, 0.2) is 34.9 Å². The van der Waals surface area contributed by atoms with Crippen LogP contribution in [0, 0.1) is 6.92 Å². The molecule has 110 valence electrons. The summed E-state index contributed by atoms with van der Waals surface area (Å²) < 4.78 is 5.62. The molecular weight excluding hydrogens is 266 g/mol. The van der Waals surface area contributed by atoms with Gasteiger partial charge in [0.05, 0.1) is 6.54 Å². The number of nitrogens with zero attached hydrogens (tertiary/aromatic N) is 2. The van der Waals surface area contributed by atoms with Gasteiger partial charge in [0.1, 0.15) is 11.6 Å². The molecule has 2 aromatic rings. The number of likely N-dealkylation sites (tertiary alicyclic amines) is 1. The van der Waals surface area contributed by atoms with Crippen LogP contribution in [0.2, 0.25) is 0 Å². The third-order valence-corrected chi connectivity index (χ3v) is 3.62. The fourth-order valence-electron chi connectivity index (χ4n) is 2.47. The van der Waals surface area contributed by atoms with Gasteiger partial charge in [0.25, 0.3) is 5.91 Å². The van der Waals surface area contributed by atoms with E-state index in [9.17, 15) is 4.79 Å². The van der Waals surface area contributed by atoms with Gasteiger partial charge in [-0.25, -0.2) is 4.98 Å². The maximum atomic E-state index is 12.1. The second-order valence-corrected chi connectivity index (χ2v) is 5.42. The summed E-state index contributed by atoms with van der Waals surface area (Å²) in [6, 6.07) is 7.27. The Morgan fingerprint density at radius 2 is 2.10 bits per heavy atom. The Bertz CT molecular complexity index is 613. The van der Waals surface area contributed by atoms with Crippen molar-refractivity contribution < 1.29 is 9.21 Å². The van der Waals surface area contributed by atoms with Crippen molar-refractivity contribution in [2.75, 3.05) is 18.4 Å². The first kappa shape index (κ1) is 13.8. The van der Waals surface area contributed by atoms with Crippen LogP contribution in [0.1, 0.15) is 34.7 Å². The van der Waals surface area contributed by atoms with E-state index in [2.05, 4.69) is 15.2 Å². The second-order valence-electron chi connectivity index (χ2n) is 5.42. The number of hydrogen-bond donors (Lipinski definition) is 1. The van der Waals surface area contributed by atoms with Crippen LogP contribution >= 0.6 is 0 Å². The quantitative estimate of drug-likeness (QED) is 0.938. The van der Waals surface area contributed by atoms with Crippen molar-refractivity contribution >= 4 is 11.7 Å². The molecule has 3 heterocycles. The maximum Gasteiger partial charge on any atom is 0.292 e. The van der Waals surface area contributed by atoms with Crippen LogP contribution in [0.5, 0.6) is 0 Å². The first-order valence-corrected chi connectivity index (χ1v) is 7.26. The van der Waals surface area contributed by atoms with Crippen molar-refractivity contribution in [1.29, 1.82) is 0 Å². The number of carbonyl (C=O) groups excluding carboxylic acids is 1. The third kappa shape index (κ3) is 3.49. The predicted molar refractivity (Wildman–Crippen MR) is 80.1 cm³/mol. The molecule has 1 aliphatic rings. The van der Waals surface area contributed by atoms with Gasteiger partial charge in [-0.1, -0.05) is 6.07 Å². The fourth-order valence-corrected chi connectivity index (χ4v) is 2.47. The number of rotatable bonds is 4. The number of nitrogens with one attached hydrogen (secondary N) is 1. The van der Waals surface area contributed by atoms with Gasteiger partial charge in [0.2, 0.25) is 0 Å². The average molecular weight is 285 g/mol. The highest BCUT2D eigenvalue weighted by molar-refractivity contribution is 6.01. The highest BCUT2D eigenvalue weighted by atomic mass is 16.4. The van der Waals surface area contributed by atoms with E-state index in [-0.39, 0.29) is 5.91 Å². The molecule has 0 aromatic carbocycles. The first-order chi connectivity index (χ1) is 10.2. The lowest BCUT2D eigenvalue weighted by Gasteiger charge is -2.11. The fraction of sp³-hybridized carbons (Fsp3) is 0.375. The summed E-state index contributed by atoms with van der Waals surface area (Å²) in [4.78, 5) is 18.6. The third-order valence-electron chi connectivity index (χ3n) is 3.62. The molecule has 0 unspecified atom stereocenters. The zero-order chi connectivity index (χ0) is 14.7. The van der Waals surface area contributed by atoms with Crippen LogP contribution in [-0.4, -0.2) is 28.9 Å². The normalized spacial score (nSPS) is 15.3. The molecule has 0 spiro atoms. The molecule has 1 amide bonds. The van der Waals surface area contributed by atoms with Crippen molar-refractivity contribution in [2.45, 2.75) is 26.3 Å². The highest BCUT2D eigenvalue weighted by Crippen LogP contribution is 2.16. The lowest BCUT2D eigenvalue weighted by atomic mass is 10.3. The van der Waals surface area contributed by atoms with Crippen LogP contribution in [0.25, 0.3) is 0 Å². The van der Waals surface area contributed by atoms with Crippen LogP contribution in [0.3, 0.4) is 0 Å². The van der Waals surface area contributed by atoms with Crippen molar-refractivity contribution in [3.63, 3.8) is 0 Å². The van der Waals surface area contributed by atoms with Gasteiger partial charge in [0.15, 0.2) is 5.76 Å². The van der Waals surface area contributed by atoms with E-state index in [1.165, 1.54) is 12.8 Å². The van der Waals surface area contributed by atoms with E-state index in [1.54, 1.807) is 18.3 Å². The lowest BCUT2D eigenvalue weighted by molar-refractivity contribution is 0.0993. The molecule has 3 rings (SSSR count). The predicted octanol–water partition coefficient (Wildman–Crippen LogP) is 2.83. The standard InChI is InChI=1S/C16H19N3O2/c1-12-4-7-15(17-10-12)18-16(20)14-6-5-13(21-14)11-19-8-2-3-9-19/h4-7,10H,2-3,8-9,11H2,1H3,(H,17,18,20).